The molecular weight excluding hydrogens is 280 g/mol. The van der Waals surface area contributed by atoms with E-state index in [9.17, 15) is 4.79 Å². The number of hydrogen-bond acceptors (Lipinski definition) is 4. The van der Waals surface area contributed by atoms with E-state index in [0.29, 0.717) is 5.75 Å². The standard InChI is InChI=1S/C10H11BrO3S/c1-6(12)14-8-5-4-7(13-2)9(11)10(8)15-3/h4-5H,1-3H3. The van der Waals surface area contributed by atoms with Crippen LogP contribution >= 0.6 is 27.7 Å². The highest BCUT2D eigenvalue weighted by molar-refractivity contribution is 9.10. The van der Waals surface area contributed by atoms with E-state index in [-0.39, 0.29) is 5.97 Å². The summed E-state index contributed by atoms with van der Waals surface area (Å²) in [5, 5.41) is 0. The zero-order valence-electron chi connectivity index (χ0n) is 8.67. The van der Waals surface area contributed by atoms with Crippen LogP contribution in [0, 0.1) is 0 Å². The Balaban J connectivity index is 3.18. The Hall–Kier alpha value is -0.680. The van der Waals surface area contributed by atoms with Crippen LogP contribution in [0.2, 0.25) is 0 Å². The zero-order valence-corrected chi connectivity index (χ0v) is 11.1. The van der Waals surface area contributed by atoms with E-state index >= 15 is 0 Å². The lowest BCUT2D eigenvalue weighted by Gasteiger charge is -2.11. The molecule has 0 aromatic heterocycles. The molecule has 0 aliphatic rings. The number of rotatable bonds is 3. The van der Waals surface area contributed by atoms with Crippen molar-refractivity contribution in [1.29, 1.82) is 0 Å². The lowest BCUT2D eigenvalue weighted by Crippen LogP contribution is -2.03. The Kier molecular flexibility index (Phi) is 4.47. The molecule has 82 valence electrons. The number of methoxy groups -OCH3 is 1. The second-order valence-electron chi connectivity index (χ2n) is 2.71. The van der Waals surface area contributed by atoms with Crippen molar-refractivity contribution in [1.82, 2.24) is 0 Å². The molecule has 0 spiro atoms. The van der Waals surface area contributed by atoms with Crippen molar-refractivity contribution in [2.75, 3.05) is 13.4 Å². The van der Waals surface area contributed by atoms with Crippen molar-refractivity contribution in [3.8, 4) is 11.5 Å². The van der Waals surface area contributed by atoms with E-state index in [0.717, 1.165) is 15.1 Å². The number of ether oxygens (including phenoxy) is 2. The molecule has 0 amide bonds. The monoisotopic (exact) mass is 290 g/mol. The van der Waals surface area contributed by atoms with E-state index < -0.39 is 0 Å². The number of esters is 1. The molecule has 0 aliphatic carbocycles. The molecule has 0 saturated carbocycles. The number of carbonyl (C=O) groups is 1. The summed E-state index contributed by atoms with van der Waals surface area (Å²) in [7, 11) is 1.59. The summed E-state index contributed by atoms with van der Waals surface area (Å²) in [6.07, 6.45) is 1.91. The van der Waals surface area contributed by atoms with Gasteiger partial charge in [0.15, 0.2) is 0 Å². The maximum atomic E-state index is 10.9. The fourth-order valence-corrected chi connectivity index (χ4v) is 2.67. The Labute approximate surface area is 101 Å². The molecule has 1 aromatic rings. The summed E-state index contributed by atoms with van der Waals surface area (Å²) >= 11 is 4.89. The van der Waals surface area contributed by atoms with Gasteiger partial charge in [0.05, 0.1) is 16.5 Å². The molecule has 0 fully saturated rings. The number of benzene rings is 1. The molecule has 3 nitrogen and oxygen atoms in total. The maximum absolute atomic E-state index is 10.9. The van der Waals surface area contributed by atoms with E-state index in [1.807, 2.05) is 6.26 Å². The molecule has 5 heteroatoms. The van der Waals surface area contributed by atoms with Gasteiger partial charge in [-0.15, -0.1) is 11.8 Å². The van der Waals surface area contributed by atoms with Crippen LogP contribution < -0.4 is 9.47 Å². The molecule has 0 N–H and O–H groups in total. The molecule has 0 aliphatic heterocycles. The summed E-state index contributed by atoms with van der Waals surface area (Å²) < 4.78 is 11.0. The number of carbonyl (C=O) groups excluding carboxylic acids is 1. The molecule has 1 aromatic carbocycles. The number of thioether (sulfide) groups is 1. The van der Waals surface area contributed by atoms with Gasteiger partial charge in [-0.2, -0.15) is 0 Å². The van der Waals surface area contributed by atoms with Crippen molar-refractivity contribution in [2.24, 2.45) is 0 Å². The van der Waals surface area contributed by atoms with Gasteiger partial charge >= 0.3 is 5.97 Å². The van der Waals surface area contributed by atoms with Gasteiger partial charge in [0.25, 0.3) is 0 Å². The van der Waals surface area contributed by atoms with Crippen LogP contribution in [0.5, 0.6) is 11.5 Å². The first-order valence-electron chi connectivity index (χ1n) is 4.19. The molecular formula is C10H11BrO3S. The predicted molar refractivity (Wildman–Crippen MR) is 63.8 cm³/mol. The van der Waals surface area contributed by atoms with E-state index in [1.165, 1.54) is 18.7 Å². The second kappa shape index (κ2) is 5.42. The summed E-state index contributed by atoms with van der Waals surface area (Å²) in [4.78, 5) is 11.7. The Morgan fingerprint density at radius 1 is 1.40 bits per heavy atom. The average Bonchev–Trinajstić information content (AvgIpc) is 2.18. The van der Waals surface area contributed by atoms with Gasteiger partial charge in [0, 0.05) is 6.92 Å². The molecule has 0 saturated heterocycles. The molecule has 0 radical (unpaired) electrons. The van der Waals surface area contributed by atoms with E-state index in [1.54, 1.807) is 19.2 Å². The van der Waals surface area contributed by atoms with Crippen molar-refractivity contribution in [2.45, 2.75) is 11.8 Å². The molecule has 0 atom stereocenters. The fourth-order valence-electron chi connectivity index (χ4n) is 1.10. The Morgan fingerprint density at radius 2 is 2.00 bits per heavy atom. The number of halogens is 1. The fraction of sp³-hybridized carbons (Fsp3) is 0.300. The van der Waals surface area contributed by atoms with Crippen LogP contribution in [0.4, 0.5) is 0 Å². The Morgan fingerprint density at radius 3 is 2.47 bits per heavy atom. The van der Waals surface area contributed by atoms with Gasteiger partial charge in [-0.05, 0) is 34.3 Å². The van der Waals surface area contributed by atoms with Crippen LogP contribution in [0.15, 0.2) is 21.5 Å². The van der Waals surface area contributed by atoms with Crippen LogP contribution in [0.1, 0.15) is 6.92 Å². The van der Waals surface area contributed by atoms with Crippen LogP contribution in [-0.4, -0.2) is 19.3 Å². The molecule has 0 unspecified atom stereocenters. The first kappa shape index (κ1) is 12.4. The second-order valence-corrected chi connectivity index (χ2v) is 4.32. The molecule has 15 heavy (non-hydrogen) atoms. The maximum Gasteiger partial charge on any atom is 0.308 e. The van der Waals surface area contributed by atoms with Crippen LogP contribution in [0.3, 0.4) is 0 Å². The van der Waals surface area contributed by atoms with Crippen molar-refractivity contribution >= 4 is 33.7 Å². The first-order valence-corrected chi connectivity index (χ1v) is 6.20. The third kappa shape index (κ3) is 2.89. The summed E-state index contributed by atoms with van der Waals surface area (Å²) in [6.45, 7) is 1.38. The largest absolute Gasteiger partial charge is 0.496 e. The summed E-state index contributed by atoms with van der Waals surface area (Å²) in [5.74, 6) is 0.931. The predicted octanol–water partition coefficient (Wildman–Crippen LogP) is 3.10. The average molecular weight is 291 g/mol. The lowest BCUT2D eigenvalue weighted by molar-refractivity contribution is -0.132. The van der Waals surface area contributed by atoms with Crippen molar-refractivity contribution in [3.05, 3.63) is 16.6 Å². The summed E-state index contributed by atoms with van der Waals surface area (Å²) in [5.41, 5.74) is 0. The number of hydrogen-bond donors (Lipinski definition) is 0. The minimum absolute atomic E-state index is 0.331. The van der Waals surface area contributed by atoms with E-state index in [4.69, 9.17) is 9.47 Å². The highest BCUT2D eigenvalue weighted by Gasteiger charge is 2.13. The topological polar surface area (TPSA) is 35.5 Å². The van der Waals surface area contributed by atoms with Crippen molar-refractivity contribution < 1.29 is 14.3 Å². The van der Waals surface area contributed by atoms with Gasteiger partial charge in [-0.3, -0.25) is 4.79 Å². The summed E-state index contributed by atoms with van der Waals surface area (Å²) in [6, 6.07) is 3.47. The van der Waals surface area contributed by atoms with Gasteiger partial charge < -0.3 is 9.47 Å². The van der Waals surface area contributed by atoms with Gasteiger partial charge in [-0.25, -0.2) is 0 Å². The molecule has 0 bridgehead atoms. The zero-order chi connectivity index (χ0) is 11.4. The minimum atomic E-state index is -0.331. The molecule has 1 rings (SSSR count). The first-order chi connectivity index (χ1) is 7.10. The van der Waals surface area contributed by atoms with Crippen molar-refractivity contribution in [3.63, 3.8) is 0 Å². The van der Waals surface area contributed by atoms with Gasteiger partial charge in [-0.1, -0.05) is 0 Å². The molecule has 0 heterocycles. The van der Waals surface area contributed by atoms with Crippen LogP contribution in [-0.2, 0) is 4.79 Å². The quantitative estimate of drug-likeness (QED) is 0.487. The minimum Gasteiger partial charge on any atom is -0.496 e. The van der Waals surface area contributed by atoms with E-state index in [2.05, 4.69) is 15.9 Å². The third-order valence-corrected chi connectivity index (χ3v) is 3.57. The highest BCUT2D eigenvalue weighted by atomic mass is 79.9. The third-order valence-electron chi connectivity index (χ3n) is 1.70. The SMILES string of the molecule is COc1ccc(OC(C)=O)c(SC)c1Br. The smallest absolute Gasteiger partial charge is 0.308 e. The highest BCUT2D eigenvalue weighted by Crippen LogP contribution is 2.40. The Bertz CT molecular complexity index is 379. The normalized spacial score (nSPS) is 9.87. The lowest BCUT2D eigenvalue weighted by atomic mass is 10.3. The van der Waals surface area contributed by atoms with Crippen LogP contribution in [0.25, 0.3) is 0 Å². The van der Waals surface area contributed by atoms with Gasteiger partial charge in [0.1, 0.15) is 11.5 Å². The van der Waals surface area contributed by atoms with Gasteiger partial charge in [0.2, 0.25) is 0 Å².